The summed E-state index contributed by atoms with van der Waals surface area (Å²) in [6, 6.07) is 0. The zero-order valence-corrected chi connectivity index (χ0v) is 10.8. The summed E-state index contributed by atoms with van der Waals surface area (Å²) in [4.78, 5) is 26.6. The molecule has 92 valence electrons. The van der Waals surface area contributed by atoms with E-state index in [4.69, 9.17) is 0 Å². The number of hydrogen-bond donors (Lipinski definition) is 0. The van der Waals surface area contributed by atoms with Gasteiger partial charge in [0.25, 0.3) is 0 Å². The molecule has 0 radical (unpaired) electrons. The number of nitrogens with zero attached hydrogens (tertiary/aromatic N) is 1. The average Bonchev–Trinajstić information content (AvgIpc) is 2.81. The highest BCUT2D eigenvalue weighted by atomic mass is 16.1. The number of rotatable bonds is 2. The van der Waals surface area contributed by atoms with Crippen molar-refractivity contribution in [2.24, 2.45) is 0 Å². The van der Waals surface area contributed by atoms with Crippen molar-refractivity contribution in [3.63, 3.8) is 0 Å². The third kappa shape index (κ3) is 1.84. The molecule has 0 aromatic carbocycles. The first-order chi connectivity index (χ1) is 8.07. The summed E-state index contributed by atoms with van der Waals surface area (Å²) in [6.07, 6.45) is 2.87. The Morgan fingerprint density at radius 1 is 1.00 bits per heavy atom. The minimum Gasteiger partial charge on any atom is -0.368 e. The van der Waals surface area contributed by atoms with Crippen LogP contribution in [0.3, 0.4) is 0 Å². The molecule has 1 saturated heterocycles. The van der Waals surface area contributed by atoms with Crippen LogP contribution in [0.25, 0.3) is 0 Å². The van der Waals surface area contributed by atoms with Gasteiger partial charge in [0.1, 0.15) is 0 Å². The van der Waals surface area contributed by atoms with Crippen molar-refractivity contribution in [2.75, 3.05) is 13.1 Å². The van der Waals surface area contributed by atoms with Crippen molar-refractivity contribution in [1.29, 1.82) is 0 Å². The molecule has 0 bridgehead atoms. The predicted octanol–water partition coefficient (Wildman–Crippen LogP) is 2.23. The normalized spacial score (nSPS) is 21.9. The molecule has 17 heavy (non-hydrogen) atoms. The van der Waals surface area contributed by atoms with Crippen molar-refractivity contribution in [2.45, 2.75) is 40.0 Å². The fourth-order valence-corrected chi connectivity index (χ4v) is 2.74. The van der Waals surface area contributed by atoms with Gasteiger partial charge in [-0.1, -0.05) is 6.92 Å². The molecule has 2 rings (SSSR count). The second kappa shape index (κ2) is 4.47. The molecule has 3 nitrogen and oxygen atoms in total. The number of Topliss-reactive ketones (excluding diaryl/α,β-unsaturated/α-hetero) is 2. The zero-order chi connectivity index (χ0) is 12.6. The SMILES string of the molecule is CCC1=C(C)C(=O)C(N2CCCC2)=C(C)C1=O. The molecule has 0 aromatic heterocycles. The molecule has 1 aliphatic heterocycles. The van der Waals surface area contributed by atoms with E-state index in [1.54, 1.807) is 13.8 Å². The Kier molecular flexibility index (Phi) is 3.18. The largest absolute Gasteiger partial charge is 0.368 e. The van der Waals surface area contributed by atoms with E-state index in [0.717, 1.165) is 25.9 Å². The Morgan fingerprint density at radius 2 is 1.59 bits per heavy atom. The Morgan fingerprint density at radius 3 is 2.12 bits per heavy atom. The van der Waals surface area contributed by atoms with E-state index in [-0.39, 0.29) is 11.6 Å². The van der Waals surface area contributed by atoms with E-state index < -0.39 is 0 Å². The molecule has 0 saturated carbocycles. The van der Waals surface area contributed by atoms with Crippen LogP contribution in [0.1, 0.15) is 40.0 Å². The lowest BCUT2D eigenvalue weighted by molar-refractivity contribution is -0.117. The molecule has 0 amide bonds. The topological polar surface area (TPSA) is 37.4 Å². The number of carbonyl (C=O) groups is 2. The van der Waals surface area contributed by atoms with Crippen LogP contribution in [0.2, 0.25) is 0 Å². The van der Waals surface area contributed by atoms with Gasteiger partial charge in [0, 0.05) is 29.8 Å². The number of likely N-dealkylation sites (tertiary alicyclic amines) is 1. The van der Waals surface area contributed by atoms with Gasteiger partial charge < -0.3 is 4.90 Å². The van der Waals surface area contributed by atoms with Crippen LogP contribution in [0.4, 0.5) is 0 Å². The maximum Gasteiger partial charge on any atom is 0.205 e. The van der Waals surface area contributed by atoms with Crippen LogP contribution in [0, 0.1) is 0 Å². The van der Waals surface area contributed by atoms with E-state index in [2.05, 4.69) is 4.90 Å². The lowest BCUT2D eigenvalue weighted by Gasteiger charge is -2.27. The van der Waals surface area contributed by atoms with Crippen LogP contribution in [0.15, 0.2) is 22.4 Å². The summed E-state index contributed by atoms with van der Waals surface area (Å²) in [5, 5.41) is 0. The highest BCUT2D eigenvalue weighted by Crippen LogP contribution is 2.30. The van der Waals surface area contributed by atoms with Gasteiger partial charge in [0.15, 0.2) is 5.78 Å². The van der Waals surface area contributed by atoms with Gasteiger partial charge in [-0.05, 0) is 33.1 Å². The highest BCUT2D eigenvalue weighted by Gasteiger charge is 2.33. The quantitative estimate of drug-likeness (QED) is 0.686. The van der Waals surface area contributed by atoms with E-state index in [0.29, 0.717) is 28.8 Å². The van der Waals surface area contributed by atoms with Crippen molar-refractivity contribution in [1.82, 2.24) is 4.90 Å². The lowest BCUT2D eigenvalue weighted by atomic mass is 9.87. The van der Waals surface area contributed by atoms with Gasteiger partial charge in [-0.2, -0.15) is 0 Å². The summed E-state index contributed by atoms with van der Waals surface area (Å²) < 4.78 is 0. The number of carbonyl (C=O) groups excluding carboxylic acids is 2. The van der Waals surface area contributed by atoms with Gasteiger partial charge in [0.2, 0.25) is 5.78 Å². The van der Waals surface area contributed by atoms with Gasteiger partial charge in [-0.15, -0.1) is 0 Å². The third-order valence-electron chi connectivity index (χ3n) is 3.75. The van der Waals surface area contributed by atoms with E-state index >= 15 is 0 Å². The molecule has 0 spiro atoms. The smallest absolute Gasteiger partial charge is 0.205 e. The van der Waals surface area contributed by atoms with Gasteiger partial charge in [-0.3, -0.25) is 9.59 Å². The molecule has 1 heterocycles. The summed E-state index contributed by atoms with van der Waals surface area (Å²) in [7, 11) is 0. The Bertz CT molecular complexity index is 437. The fourth-order valence-electron chi connectivity index (χ4n) is 2.74. The monoisotopic (exact) mass is 233 g/mol. The van der Waals surface area contributed by atoms with Gasteiger partial charge in [0.05, 0.1) is 5.70 Å². The fraction of sp³-hybridized carbons (Fsp3) is 0.571. The van der Waals surface area contributed by atoms with Crippen molar-refractivity contribution < 1.29 is 9.59 Å². The molecule has 1 fully saturated rings. The maximum atomic E-state index is 12.3. The van der Waals surface area contributed by atoms with Crippen molar-refractivity contribution in [3.8, 4) is 0 Å². The van der Waals surface area contributed by atoms with Crippen LogP contribution >= 0.6 is 0 Å². The molecule has 0 atom stereocenters. The predicted molar refractivity (Wildman–Crippen MR) is 66.5 cm³/mol. The summed E-state index contributed by atoms with van der Waals surface area (Å²) in [6.45, 7) is 7.30. The molecule has 0 N–H and O–H groups in total. The first-order valence-electron chi connectivity index (χ1n) is 6.32. The van der Waals surface area contributed by atoms with Crippen LogP contribution in [0.5, 0.6) is 0 Å². The van der Waals surface area contributed by atoms with E-state index in [1.807, 2.05) is 6.92 Å². The van der Waals surface area contributed by atoms with E-state index in [9.17, 15) is 9.59 Å². The van der Waals surface area contributed by atoms with Crippen molar-refractivity contribution >= 4 is 11.6 Å². The minimum atomic E-state index is 0.0563. The summed E-state index contributed by atoms with van der Waals surface area (Å²) in [5.41, 5.74) is 2.63. The van der Waals surface area contributed by atoms with Gasteiger partial charge >= 0.3 is 0 Å². The van der Waals surface area contributed by atoms with Crippen LogP contribution in [-0.2, 0) is 9.59 Å². The number of allylic oxidation sites excluding steroid dienone is 3. The second-order valence-electron chi connectivity index (χ2n) is 4.78. The molecule has 2 aliphatic rings. The molecule has 3 heteroatoms. The van der Waals surface area contributed by atoms with Crippen LogP contribution in [-0.4, -0.2) is 29.6 Å². The molecule has 0 aromatic rings. The Hall–Kier alpha value is -1.38. The summed E-state index contributed by atoms with van der Waals surface area (Å²) in [5.74, 6) is 0.118. The Labute approximate surface area is 102 Å². The highest BCUT2D eigenvalue weighted by molar-refractivity contribution is 6.24. The first-order valence-corrected chi connectivity index (χ1v) is 6.32. The molecule has 1 aliphatic carbocycles. The average molecular weight is 233 g/mol. The summed E-state index contributed by atoms with van der Waals surface area (Å²) >= 11 is 0. The molecule has 0 unspecified atom stereocenters. The van der Waals surface area contributed by atoms with Crippen LogP contribution < -0.4 is 0 Å². The minimum absolute atomic E-state index is 0.0563. The maximum absolute atomic E-state index is 12.3. The number of ketones is 2. The Balaban J connectivity index is 2.43. The van der Waals surface area contributed by atoms with Crippen molar-refractivity contribution in [3.05, 3.63) is 22.4 Å². The van der Waals surface area contributed by atoms with E-state index in [1.165, 1.54) is 0 Å². The molecular formula is C14H19NO2. The standard InChI is InChI=1S/C14H19NO2/c1-4-11-9(2)14(17)12(10(3)13(11)16)15-7-5-6-8-15/h4-8H2,1-3H3. The second-order valence-corrected chi connectivity index (χ2v) is 4.78. The third-order valence-corrected chi connectivity index (χ3v) is 3.75. The lowest BCUT2D eigenvalue weighted by Crippen LogP contribution is -2.32. The first kappa shape index (κ1) is 12.1. The zero-order valence-electron chi connectivity index (χ0n) is 10.8. The number of hydrogen-bond acceptors (Lipinski definition) is 3. The molecular weight excluding hydrogens is 214 g/mol. The van der Waals surface area contributed by atoms with Gasteiger partial charge in [-0.25, -0.2) is 0 Å².